The fraction of sp³-hybridized carbons (Fsp3) is 0.529. The summed E-state index contributed by atoms with van der Waals surface area (Å²) in [5, 5.41) is 3.20. The van der Waals surface area contributed by atoms with Crippen LogP contribution < -0.4 is 5.32 Å². The molecule has 0 radical (unpaired) electrons. The zero-order chi connectivity index (χ0) is 17.1. The Kier molecular flexibility index (Phi) is 4.60. The van der Waals surface area contributed by atoms with Crippen molar-refractivity contribution in [3.05, 3.63) is 36.2 Å². The summed E-state index contributed by atoms with van der Waals surface area (Å²) >= 11 is 0. The number of imidazole rings is 1. The molecule has 4 rings (SSSR count). The molecule has 2 aromatic rings. The van der Waals surface area contributed by atoms with Crippen LogP contribution in [0.3, 0.4) is 0 Å². The molecule has 0 unspecified atom stereocenters. The third kappa shape index (κ3) is 3.48. The number of rotatable bonds is 4. The zero-order valence-corrected chi connectivity index (χ0v) is 14.1. The first-order valence-corrected chi connectivity index (χ1v) is 8.71. The van der Waals surface area contributed by atoms with Gasteiger partial charge in [0.15, 0.2) is 0 Å². The summed E-state index contributed by atoms with van der Waals surface area (Å²) < 4.78 is 7.53. The summed E-state index contributed by atoms with van der Waals surface area (Å²) in [5.74, 6) is 0.792. The normalized spacial score (nSPS) is 20.2. The minimum Gasteiger partial charge on any atom is -0.381 e. The lowest BCUT2D eigenvalue weighted by molar-refractivity contribution is -0.136. The van der Waals surface area contributed by atoms with Crippen molar-refractivity contribution in [2.24, 2.45) is 5.92 Å². The Hall–Kier alpha value is -2.48. The first-order valence-electron chi connectivity index (χ1n) is 8.71. The highest BCUT2D eigenvalue weighted by Gasteiger charge is 2.30. The van der Waals surface area contributed by atoms with E-state index in [4.69, 9.17) is 4.74 Å². The highest BCUT2D eigenvalue weighted by atomic mass is 16.5. The van der Waals surface area contributed by atoms with Gasteiger partial charge >= 0.3 is 0 Å². The van der Waals surface area contributed by atoms with Crippen LogP contribution >= 0.6 is 0 Å². The van der Waals surface area contributed by atoms with Crippen LogP contribution in [0.15, 0.2) is 24.8 Å². The highest BCUT2D eigenvalue weighted by molar-refractivity contribution is 5.79. The van der Waals surface area contributed by atoms with Gasteiger partial charge in [-0.1, -0.05) is 0 Å². The Morgan fingerprint density at radius 1 is 1.28 bits per heavy atom. The Morgan fingerprint density at radius 3 is 2.96 bits per heavy atom. The lowest BCUT2D eigenvalue weighted by Gasteiger charge is -2.23. The topological polar surface area (TPSA) is 85.2 Å². The molecular formula is C17H22N6O2. The van der Waals surface area contributed by atoms with Crippen molar-refractivity contribution in [2.45, 2.75) is 32.5 Å². The first kappa shape index (κ1) is 16.0. The van der Waals surface area contributed by atoms with Gasteiger partial charge in [-0.3, -0.25) is 4.79 Å². The van der Waals surface area contributed by atoms with Crippen molar-refractivity contribution < 1.29 is 9.53 Å². The third-order valence-corrected chi connectivity index (χ3v) is 4.77. The van der Waals surface area contributed by atoms with Gasteiger partial charge in [0.25, 0.3) is 0 Å². The molecular weight excluding hydrogens is 320 g/mol. The number of ether oxygens (including phenoxy) is 1. The van der Waals surface area contributed by atoms with E-state index in [9.17, 15) is 4.79 Å². The molecule has 1 amide bonds. The molecule has 0 aliphatic carbocycles. The fourth-order valence-corrected chi connectivity index (χ4v) is 3.39. The molecule has 2 aliphatic rings. The van der Waals surface area contributed by atoms with Gasteiger partial charge in [0.1, 0.15) is 0 Å². The summed E-state index contributed by atoms with van der Waals surface area (Å²) in [4.78, 5) is 27.6. The van der Waals surface area contributed by atoms with Crippen LogP contribution in [-0.4, -0.2) is 50.1 Å². The standard InChI is InChI=1S/C17H22N6O2/c24-16(13-3-8-25-11-13)22-6-2-7-23-12-21-14(15(23)10-22)9-20-17-18-4-1-5-19-17/h1,4-5,12-13H,2-3,6-11H2,(H,18,19,20)/t13-/m0/s1. The van der Waals surface area contributed by atoms with E-state index in [0.29, 0.717) is 32.3 Å². The largest absolute Gasteiger partial charge is 0.381 e. The molecule has 8 nitrogen and oxygen atoms in total. The van der Waals surface area contributed by atoms with E-state index >= 15 is 0 Å². The molecule has 0 spiro atoms. The number of carbonyl (C=O) groups excluding carboxylic acids is 1. The van der Waals surface area contributed by atoms with Gasteiger partial charge in [0.05, 0.1) is 43.3 Å². The number of nitrogens with one attached hydrogen (secondary N) is 1. The molecule has 4 heterocycles. The van der Waals surface area contributed by atoms with Gasteiger partial charge in [0, 0.05) is 32.1 Å². The minimum atomic E-state index is 0.00812. The second kappa shape index (κ2) is 7.18. The van der Waals surface area contributed by atoms with Crippen LogP contribution in [0.4, 0.5) is 5.95 Å². The Labute approximate surface area is 146 Å². The smallest absolute Gasteiger partial charge is 0.228 e. The second-order valence-corrected chi connectivity index (χ2v) is 6.43. The molecule has 0 saturated carbocycles. The highest BCUT2D eigenvalue weighted by Crippen LogP contribution is 2.21. The molecule has 1 N–H and O–H groups in total. The van der Waals surface area contributed by atoms with Crippen molar-refractivity contribution in [1.29, 1.82) is 0 Å². The molecule has 1 saturated heterocycles. The molecule has 2 aliphatic heterocycles. The van der Waals surface area contributed by atoms with E-state index in [1.165, 1.54) is 0 Å². The van der Waals surface area contributed by atoms with Gasteiger partial charge in [0.2, 0.25) is 11.9 Å². The van der Waals surface area contributed by atoms with Crippen LogP contribution in [0.5, 0.6) is 0 Å². The van der Waals surface area contributed by atoms with E-state index in [2.05, 4.69) is 24.8 Å². The predicted octanol–water partition coefficient (Wildman–Crippen LogP) is 1.05. The number of aryl methyl sites for hydroxylation is 1. The van der Waals surface area contributed by atoms with Crippen LogP contribution in [0.25, 0.3) is 0 Å². The van der Waals surface area contributed by atoms with E-state index in [-0.39, 0.29) is 11.8 Å². The number of carbonyl (C=O) groups is 1. The molecule has 132 valence electrons. The lowest BCUT2D eigenvalue weighted by Crippen LogP contribution is -2.36. The van der Waals surface area contributed by atoms with Crippen molar-refractivity contribution in [2.75, 3.05) is 25.1 Å². The van der Waals surface area contributed by atoms with Crippen LogP contribution in [0.2, 0.25) is 0 Å². The number of aromatic nitrogens is 4. The van der Waals surface area contributed by atoms with Gasteiger partial charge in [-0.2, -0.15) is 0 Å². The first-order chi connectivity index (χ1) is 12.3. The minimum absolute atomic E-state index is 0.00812. The van der Waals surface area contributed by atoms with Gasteiger partial charge in [-0.15, -0.1) is 0 Å². The zero-order valence-electron chi connectivity index (χ0n) is 14.1. The maximum absolute atomic E-state index is 12.8. The Morgan fingerprint density at radius 2 is 2.16 bits per heavy atom. The summed E-state index contributed by atoms with van der Waals surface area (Å²) in [7, 11) is 0. The number of hydrogen-bond acceptors (Lipinski definition) is 6. The van der Waals surface area contributed by atoms with E-state index < -0.39 is 0 Å². The molecule has 0 bridgehead atoms. The molecule has 0 aromatic carbocycles. The molecule has 8 heteroatoms. The van der Waals surface area contributed by atoms with Gasteiger partial charge in [-0.05, 0) is 18.9 Å². The number of hydrogen-bond donors (Lipinski definition) is 1. The summed E-state index contributed by atoms with van der Waals surface area (Å²) in [6.07, 6.45) is 7.04. The second-order valence-electron chi connectivity index (χ2n) is 6.43. The van der Waals surface area contributed by atoms with E-state index in [0.717, 1.165) is 37.3 Å². The molecule has 2 aromatic heterocycles. The average molecular weight is 342 g/mol. The summed E-state index contributed by atoms with van der Waals surface area (Å²) in [6, 6.07) is 1.78. The maximum Gasteiger partial charge on any atom is 0.228 e. The Balaban J connectivity index is 1.48. The summed E-state index contributed by atoms with van der Waals surface area (Å²) in [5.41, 5.74) is 2.03. The number of amides is 1. The van der Waals surface area contributed by atoms with Crippen molar-refractivity contribution in [1.82, 2.24) is 24.4 Å². The number of fused-ring (bicyclic) bond motifs is 1. The molecule has 25 heavy (non-hydrogen) atoms. The van der Waals surface area contributed by atoms with Crippen LogP contribution in [0, 0.1) is 5.92 Å². The van der Waals surface area contributed by atoms with Crippen LogP contribution in [0.1, 0.15) is 24.2 Å². The maximum atomic E-state index is 12.8. The van der Waals surface area contributed by atoms with Crippen molar-refractivity contribution in [3.63, 3.8) is 0 Å². The number of nitrogens with zero attached hydrogens (tertiary/aromatic N) is 5. The number of anilines is 1. The Bertz CT molecular complexity index is 726. The van der Waals surface area contributed by atoms with Crippen LogP contribution in [-0.2, 0) is 29.2 Å². The quantitative estimate of drug-likeness (QED) is 0.894. The van der Waals surface area contributed by atoms with E-state index in [1.54, 1.807) is 18.5 Å². The molecule has 1 fully saturated rings. The van der Waals surface area contributed by atoms with Crippen molar-refractivity contribution >= 4 is 11.9 Å². The average Bonchev–Trinajstić information content (AvgIpc) is 3.26. The SMILES string of the molecule is O=C([C@H]1CCOC1)N1CCCn2cnc(CNc3ncccn3)c2C1. The van der Waals surface area contributed by atoms with Gasteiger partial charge in [-0.25, -0.2) is 15.0 Å². The van der Waals surface area contributed by atoms with Gasteiger partial charge < -0.3 is 19.5 Å². The van der Waals surface area contributed by atoms with Crippen molar-refractivity contribution in [3.8, 4) is 0 Å². The molecule has 1 atom stereocenters. The fourth-order valence-electron chi connectivity index (χ4n) is 3.39. The predicted molar refractivity (Wildman–Crippen MR) is 90.5 cm³/mol. The monoisotopic (exact) mass is 342 g/mol. The van der Waals surface area contributed by atoms with E-state index in [1.807, 2.05) is 11.2 Å². The third-order valence-electron chi connectivity index (χ3n) is 4.77. The lowest BCUT2D eigenvalue weighted by atomic mass is 10.1. The summed E-state index contributed by atoms with van der Waals surface area (Å²) in [6.45, 7) is 4.05.